The molecule has 2 aliphatic heterocycles. The maximum absolute atomic E-state index is 13.8. The predicted molar refractivity (Wildman–Crippen MR) is 67.1 cm³/mol. The van der Waals surface area contributed by atoms with Gasteiger partial charge in [0.1, 0.15) is 0 Å². The number of carbonyl (C=O) groups excluding carboxylic acids is 1. The van der Waals surface area contributed by atoms with E-state index in [1.54, 1.807) is 9.21 Å². The van der Waals surface area contributed by atoms with Crippen LogP contribution in [0.1, 0.15) is 38.5 Å². The van der Waals surface area contributed by atoms with Crippen LogP contribution in [0.4, 0.5) is 8.68 Å². The number of hydrogen-bond donors (Lipinski definition) is 0. The highest BCUT2D eigenvalue weighted by Gasteiger charge is 2.19. The Morgan fingerprint density at radius 1 is 0.941 bits per heavy atom. The standard InChI is InChI=1S/C11H20FN3OS/c12-17(15-9-5-2-6-10-15)13-11(16)14-7-3-1-4-8-14/h1-10H2. The highest BCUT2D eigenvalue weighted by molar-refractivity contribution is 7.80. The Morgan fingerprint density at radius 3 is 2.06 bits per heavy atom. The van der Waals surface area contributed by atoms with Crippen LogP contribution in [-0.4, -0.2) is 41.4 Å². The Bertz CT molecular complexity index is 299. The smallest absolute Gasteiger partial charge is 0.322 e. The van der Waals surface area contributed by atoms with Gasteiger partial charge in [-0.15, -0.1) is 8.25 Å². The van der Waals surface area contributed by atoms with Crippen molar-refractivity contribution in [2.45, 2.75) is 38.5 Å². The fraction of sp³-hybridized carbons (Fsp3) is 0.909. The van der Waals surface area contributed by atoms with Gasteiger partial charge >= 0.3 is 6.03 Å². The van der Waals surface area contributed by atoms with Crippen molar-refractivity contribution < 1.29 is 8.68 Å². The van der Waals surface area contributed by atoms with Gasteiger partial charge < -0.3 is 4.90 Å². The van der Waals surface area contributed by atoms with Crippen molar-refractivity contribution in [3.63, 3.8) is 0 Å². The van der Waals surface area contributed by atoms with Crippen molar-refractivity contribution in [2.24, 2.45) is 4.36 Å². The number of hydrogen-bond acceptors (Lipinski definition) is 1. The number of urea groups is 1. The van der Waals surface area contributed by atoms with E-state index >= 15 is 0 Å². The van der Waals surface area contributed by atoms with Gasteiger partial charge in [0.15, 0.2) is 11.3 Å². The van der Waals surface area contributed by atoms with Crippen LogP contribution in [0.15, 0.2) is 4.36 Å². The van der Waals surface area contributed by atoms with Crippen LogP contribution in [0.5, 0.6) is 0 Å². The number of amides is 2. The average molecular weight is 261 g/mol. The van der Waals surface area contributed by atoms with Gasteiger partial charge in [-0.05, 0) is 32.1 Å². The number of nitrogens with zero attached hydrogens (tertiary/aromatic N) is 3. The van der Waals surface area contributed by atoms with Crippen molar-refractivity contribution >= 4 is 17.3 Å². The molecule has 6 heteroatoms. The summed E-state index contributed by atoms with van der Waals surface area (Å²) in [5, 5.41) is 0. The molecule has 4 nitrogen and oxygen atoms in total. The molecule has 0 bridgehead atoms. The minimum Gasteiger partial charge on any atom is -0.322 e. The number of likely N-dealkylation sites (tertiary alicyclic amines) is 1. The summed E-state index contributed by atoms with van der Waals surface area (Å²) >= 11 is -1.72. The van der Waals surface area contributed by atoms with Gasteiger partial charge in [-0.1, -0.05) is 6.42 Å². The summed E-state index contributed by atoms with van der Waals surface area (Å²) < 4.78 is 19.2. The topological polar surface area (TPSA) is 35.9 Å². The van der Waals surface area contributed by atoms with Gasteiger partial charge in [0.05, 0.1) is 0 Å². The SMILES string of the molecule is O=C(/N=S(\F)N1CCCCC1)N1CCCCC1. The Balaban J connectivity index is 1.89. The van der Waals surface area contributed by atoms with Gasteiger partial charge in [-0.3, -0.25) is 0 Å². The highest BCUT2D eigenvalue weighted by Crippen LogP contribution is 2.15. The van der Waals surface area contributed by atoms with Crippen LogP contribution in [0.25, 0.3) is 0 Å². The fourth-order valence-corrected chi connectivity index (χ4v) is 3.20. The predicted octanol–water partition coefficient (Wildman–Crippen LogP) is 2.68. The van der Waals surface area contributed by atoms with E-state index in [4.69, 9.17) is 0 Å². The van der Waals surface area contributed by atoms with Gasteiger partial charge in [0.2, 0.25) is 0 Å². The molecule has 0 aromatic heterocycles. The molecular formula is C11H20FN3OS. The molecule has 2 aliphatic rings. The molecule has 98 valence electrons. The lowest BCUT2D eigenvalue weighted by molar-refractivity contribution is 0.196. The van der Waals surface area contributed by atoms with Crippen molar-refractivity contribution in [3.8, 4) is 0 Å². The van der Waals surface area contributed by atoms with E-state index in [1.165, 1.54) is 0 Å². The van der Waals surface area contributed by atoms with Gasteiger partial charge in [-0.25, -0.2) is 9.10 Å². The first-order chi connectivity index (χ1) is 8.27. The normalized spacial score (nSPS) is 24.9. The van der Waals surface area contributed by atoms with Crippen LogP contribution < -0.4 is 0 Å². The molecule has 2 fully saturated rings. The van der Waals surface area contributed by atoms with Crippen molar-refractivity contribution in [1.29, 1.82) is 0 Å². The number of piperidine rings is 2. The van der Waals surface area contributed by atoms with Gasteiger partial charge in [0.25, 0.3) is 0 Å². The van der Waals surface area contributed by atoms with Crippen molar-refractivity contribution in [3.05, 3.63) is 0 Å². The van der Waals surface area contributed by atoms with Gasteiger partial charge in [-0.2, -0.15) is 0 Å². The third kappa shape index (κ3) is 3.74. The summed E-state index contributed by atoms with van der Waals surface area (Å²) in [4.78, 5) is 13.4. The second kappa shape index (κ2) is 6.44. The summed E-state index contributed by atoms with van der Waals surface area (Å²) in [6, 6.07) is -0.360. The number of carbonyl (C=O) groups is 1. The maximum atomic E-state index is 13.8. The zero-order valence-corrected chi connectivity index (χ0v) is 10.9. The molecule has 1 unspecified atom stereocenters. The molecule has 2 rings (SSSR count). The van der Waals surface area contributed by atoms with E-state index in [9.17, 15) is 8.68 Å². The molecule has 2 heterocycles. The van der Waals surface area contributed by atoms with Crippen molar-refractivity contribution in [1.82, 2.24) is 9.21 Å². The lowest BCUT2D eigenvalue weighted by Crippen LogP contribution is -2.35. The minimum atomic E-state index is -1.72. The second-order valence-corrected chi connectivity index (χ2v) is 5.77. The highest BCUT2D eigenvalue weighted by atomic mass is 32.2. The molecule has 0 saturated carbocycles. The minimum absolute atomic E-state index is 0.360. The summed E-state index contributed by atoms with van der Waals surface area (Å²) in [5.41, 5.74) is 0. The molecule has 0 N–H and O–H groups in total. The zero-order chi connectivity index (χ0) is 12.1. The molecule has 0 radical (unpaired) electrons. The molecule has 0 aromatic rings. The average Bonchev–Trinajstić information content (AvgIpc) is 2.40. The van der Waals surface area contributed by atoms with Gasteiger partial charge in [0, 0.05) is 26.2 Å². The Labute approximate surface area is 105 Å². The van der Waals surface area contributed by atoms with Crippen LogP contribution in [0.3, 0.4) is 0 Å². The summed E-state index contributed by atoms with van der Waals surface area (Å²) in [6.07, 6.45) is 6.39. The third-order valence-corrected chi connectivity index (χ3v) is 4.41. The summed E-state index contributed by atoms with van der Waals surface area (Å²) in [6.45, 7) is 2.94. The summed E-state index contributed by atoms with van der Waals surface area (Å²) in [5.74, 6) is 0. The number of rotatable bonds is 1. The molecule has 2 amide bonds. The Morgan fingerprint density at radius 2 is 1.47 bits per heavy atom. The lowest BCUT2D eigenvalue weighted by Gasteiger charge is -2.26. The Hall–Kier alpha value is -0.490. The van der Waals surface area contributed by atoms with Crippen molar-refractivity contribution in [2.75, 3.05) is 26.2 Å². The molecule has 0 aromatic carbocycles. The zero-order valence-electron chi connectivity index (χ0n) is 10.1. The molecule has 1 atom stereocenters. The maximum Gasteiger partial charge on any atom is 0.352 e. The fourth-order valence-electron chi connectivity index (χ4n) is 2.28. The quantitative estimate of drug-likeness (QED) is 0.727. The van der Waals surface area contributed by atoms with E-state index in [0.717, 1.165) is 64.7 Å². The van der Waals surface area contributed by atoms with E-state index in [0.29, 0.717) is 0 Å². The first-order valence-electron chi connectivity index (χ1n) is 6.44. The summed E-state index contributed by atoms with van der Waals surface area (Å²) in [7, 11) is 0. The first kappa shape index (κ1) is 13.0. The molecular weight excluding hydrogens is 241 g/mol. The van der Waals surface area contributed by atoms with E-state index in [1.807, 2.05) is 0 Å². The molecule has 17 heavy (non-hydrogen) atoms. The largest absolute Gasteiger partial charge is 0.352 e. The third-order valence-electron chi connectivity index (χ3n) is 3.31. The van der Waals surface area contributed by atoms with E-state index < -0.39 is 11.3 Å². The lowest BCUT2D eigenvalue weighted by atomic mass is 10.1. The van der Waals surface area contributed by atoms with Crippen LogP contribution in [0.2, 0.25) is 0 Å². The van der Waals surface area contributed by atoms with E-state index in [-0.39, 0.29) is 6.03 Å². The van der Waals surface area contributed by atoms with E-state index in [2.05, 4.69) is 4.36 Å². The monoisotopic (exact) mass is 261 g/mol. The van der Waals surface area contributed by atoms with Crippen LogP contribution in [-0.2, 0) is 11.3 Å². The molecule has 0 spiro atoms. The Kier molecular flexibility index (Phi) is 4.91. The molecule has 0 aliphatic carbocycles. The second-order valence-electron chi connectivity index (χ2n) is 4.63. The van der Waals surface area contributed by atoms with Crippen LogP contribution >= 0.6 is 0 Å². The first-order valence-corrected chi connectivity index (χ1v) is 7.47. The molecule has 2 saturated heterocycles. The van der Waals surface area contributed by atoms with Crippen LogP contribution in [0, 0.1) is 0 Å². The number of halogens is 1.